The van der Waals surface area contributed by atoms with E-state index in [4.69, 9.17) is 4.42 Å². The van der Waals surface area contributed by atoms with E-state index in [1.165, 1.54) is 22.2 Å². The van der Waals surface area contributed by atoms with E-state index >= 15 is 0 Å². The Morgan fingerprint density at radius 1 is 1.25 bits per heavy atom. The highest BCUT2D eigenvalue weighted by molar-refractivity contribution is 7.22. The molecule has 4 aromatic rings. The van der Waals surface area contributed by atoms with Crippen molar-refractivity contribution in [1.82, 2.24) is 14.9 Å². The highest BCUT2D eigenvalue weighted by Crippen LogP contribution is 2.35. The van der Waals surface area contributed by atoms with Gasteiger partial charge in [0.05, 0.1) is 24.0 Å². The van der Waals surface area contributed by atoms with Crippen molar-refractivity contribution in [3.63, 3.8) is 0 Å². The Bertz CT molecular complexity index is 1180. The molecule has 0 radical (unpaired) electrons. The van der Waals surface area contributed by atoms with E-state index in [1.807, 2.05) is 44.2 Å². The van der Waals surface area contributed by atoms with Crippen molar-refractivity contribution in [2.45, 2.75) is 26.4 Å². The molecule has 3 aromatic heterocycles. The number of aromatic nitrogens is 2. The largest absolute Gasteiger partial charge is 0.467 e. The van der Waals surface area contributed by atoms with E-state index in [9.17, 15) is 9.59 Å². The van der Waals surface area contributed by atoms with E-state index in [0.717, 1.165) is 16.0 Å². The van der Waals surface area contributed by atoms with Gasteiger partial charge in [-0.1, -0.05) is 30.3 Å². The molecule has 142 valence electrons. The number of thiophene rings is 1. The fourth-order valence-corrected chi connectivity index (χ4v) is 4.33. The SMILES string of the molecule is Cc1c(-c2ccccc2)sc2ncn(CC(=O)NC(C)c3ccco3)c(=O)c12. The molecule has 1 amide bonds. The molecule has 0 bridgehead atoms. The summed E-state index contributed by atoms with van der Waals surface area (Å²) in [5, 5.41) is 3.40. The summed E-state index contributed by atoms with van der Waals surface area (Å²) < 4.78 is 6.64. The lowest BCUT2D eigenvalue weighted by atomic mass is 10.1. The van der Waals surface area contributed by atoms with Crippen molar-refractivity contribution in [1.29, 1.82) is 0 Å². The van der Waals surface area contributed by atoms with Gasteiger partial charge in [-0.25, -0.2) is 4.98 Å². The topological polar surface area (TPSA) is 77.1 Å². The number of carbonyl (C=O) groups is 1. The summed E-state index contributed by atoms with van der Waals surface area (Å²) >= 11 is 1.49. The van der Waals surface area contributed by atoms with Crippen LogP contribution in [0.3, 0.4) is 0 Å². The normalized spacial score (nSPS) is 12.2. The number of benzene rings is 1. The molecular weight excluding hydrogens is 374 g/mol. The number of nitrogens with zero attached hydrogens (tertiary/aromatic N) is 2. The number of fused-ring (bicyclic) bond motifs is 1. The van der Waals surface area contributed by atoms with Gasteiger partial charge in [-0.2, -0.15) is 0 Å². The van der Waals surface area contributed by atoms with Crippen molar-refractivity contribution in [2.75, 3.05) is 0 Å². The molecule has 0 aliphatic heterocycles. The van der Waals surface area contributed by atoms with Crippen LogP contribution in [0.5, 0.6) is 0 Å². The molecule has 1 aromatic carbocycles. The van der Waals surface area contributed by atoms with Gasteiger partial charge in [-0.15, -0.1) is 11.3 Å². The van der Waals surface area contributed by atoms with Gasteiger partial charge in [0.1, 0.15) is 17.1 Å². The van der Waals surface area contributed by atoms with Gasteiger partial charge in [0.2, 0.25) is 5.91 Å². The maximum absolute atomic E-state index is 13.0. The maximum Gasteiger partial charge on any atom is 0.262 e. The van der Waals surface area contributed by atoms with Gasteiger partial charge in [-0.05, 0) is 37.1 Å². The molecule has 1 atom stereocenters. The predicted octanol–water partition coefficient (Wildman–Crippen LogP) is 3.90. The van der Waals surface area contributed by atoms with Crippen LogP contribution in [0.1, 0.15) is 24.3 Å². The Morgan fingerprint density at radius 3 is 2.75 bits per heavy atom. The summed E-state index contributed by atoms with van der Waals surface area (Å²) in [6, 6.07) is 13.2. The first kappa shape index (κ1) is 18.2. The molecule has 1 unspecified atom stereocenters. The van der Waals surface area contributed by atoms with E-state index in [0.29, 0.717) is 16.0 Å². The molecule has 0 fully saturated rings. The minimum absolute atomic E-state index is 0.0945. The van der Waals surface area contributed by atoms with Gasteiger partial charge in [0.25, 0.3) is 5.56 Å². The Labute approximate surface area is 165 Å². The van der Waals surface area contributed by atoms with Crippen LogP contribution in [-0.2, 0) is 11.3 Å². The quantitative estimate of drug-likeness (QED) is 0.558. The lowest BCUT2D eigenvalue weighted by Crippen LogP contribution is -2.33. The van der Waals surface area contributed by atoms with Gasteiger partial charge in [0, 0.05) is 4.88 Å². The summed E-state index contributed by atoms with van der Waals surface area (Å²) in [6.07, 6.45) is 3.00. The average molecular weight is 393 g/mol. The number of furan rings is 1. The van der Waals surface area contributed by atoms with Gasteiger partial charge in [-0.3, -0.25) is 14.2 Å². The number of hydrogen-bond donors (Lipinski definition) is 1. The van der Waals surface area contributed by atoms with Crippen molar-refractivity contribution in [2.24, 2.45) is 0 Å². The van der Waals surface area contributed by atoms with E-state index in [1.54, 1.807) is 18.4 Å². The maximum atomic E-state index is 13.0. The first-order valence-electron chi connectivity index (χ1n) is 8.91. The molecule has 6 nitrogen and oxygen atoms in total. The zero-order valence-corrected chi connectivity index (χ0v) is 16.3. The first-order chi connectivity index (χ1) is 13.5. The fraction of sp³-hybridized carbons (Fsp3) is 0.190. The van der Waals surface area contributed by atoms with Crippen LogP contribution in [0, 0.1) is 6.92 Å². The fourth-order valence-electron chi connectivity index (χ4n) is 3.19. The first-order valence-corrected chi connectivity index (χ1v) is 9.73. The standard InChI is InChI=1S/C21H19N3O3S/c1-13-18-20(28-19(13)15-7-4-3-5-8-15)22-12-24(21(18)26)11-17(25)23-14(2)16-9-6-10-27-16/h3-10,12,14H,11H2,1-2H3,(H,23,25). The van der Waals surface area contributed by atoms with Crippen LogP contribution in [0.25, 0.3) is 20.7 Å². The highest BCUT2D eigenvalue weighted by atomic mass is 32.1. The molecule has 7 heteroatoms. The van der Waals surface area contributed by atoms with E-state index < -0.39 is 0 Å². The van der Waals surface area contributed by atoms with Gasteiger partial charge in [0.15, 0.2) is 0 Å². The summed E-state index contributed by atoms with van der Waals surface area (Å²) in [5.41, 5.74) is 1.74. The molecule has 0 aliphatic carbocycles. The highest BCUT2D eigenvalue weighted by Gasteiger charge is 2.17. The minimum Gasteiger partial charge on any atom is -0.467 e. The smallest absolute Gasteiger partial charge is 0.262 e. The number of amides is 1. The van der Waals surface area contributed by atoms with Crippen LogP contribution < -0.4 is 10.9 Å². The molecule has 0 saturated carbocycles. The molecule has 4 rings (SSSR count). The zero-order chi connectivity index (χ0) is 19.7. The number of carbonyl (C=O) groups excluding carboxylic acids is 1. The van der Waals surface area contributed by atoms with E-state index in [2.05, 4.69) is 10.3 Å². The molecule has 28 heavy (non-hydrogen) atoms. The van der Waals surface area contributed by atoms with Crippen LogP contribution in [0.15, 0.2) is 64.3 Å². The third-order valence-electron chi connectivity index (χ3n) is 4.61. The molecule has 0 saturated heterocycles. The second kappa shape index (κ2) is 7.44. The Morgan fingerprint density at radius 2 is 2.04 bits per heavy atom. The monoisotopic (exact) mass is 393 g/mol. The number of rotatable bonds is 5. The molecular formula is C21H19N3O3S. The van der Waals surface area contributed by atoms with Crippen LogP contribution in [-0.4, -0.2) is 15.5 Å². The lowest BCUT2D eigenvalue weighted by molar-refractivity contribution is -0.122. The number of hydrogen-bond acceptors (Lipinski definition) is 5. The molecule has 0 aliphatic rings. The van der Waals surface area contributed by atoms with Gasteiger partial charge >= 0.3 is 0 Å². The Hall–Kier alpha value is -3.19. The second-order valence-electron chi connectivity index (χ2n) is 6.58. The summed E-state index contributed by atoms with van der Waals surface area (Å²) in [4.78, 5) is 31.5. The van der Waals surface area contributed by atoms with Crippen molar-refractivity contribution in [3.8, 4) is 10.4 Å². The molecule has 1 N–H and O–H groups in total. The minimum atomic E-state index is -0.276. The average Bonchev–Trinajstić information content (AvgIpc) is 3.33. The van der Waals surface area contributed by atoms with Crippen LogP contribution >= 0.6 is 11.3 Å². The lowest BCUT2D eigenvalue weighted by Gasteiger charge is -2.12. The van der Waals surface area contributed by atoms with Crippen LogP contribution in [0.2, 0.25) is 0 Å². The van der Waals surface area contributed by atoms with E-state index in [-0.39, 0.29) is 24.1 Å². The zero-order valence-electron chi connectivity index (χ0n) is 15.5. The number of nitrogens with one attached hydrogen (secondary N) is 1. The third-order valence-corrected chi connectivity index (χ3v) is 5.86. The molecule has 3 heterocycles. The summed E-state index contributed by atoms with van der Waals surface area (Å²) in [7, 11) is 0. The van der Waals surface area contributed by atoms with Crippen LogP contribution in [0.4, 0.5) is 0 Å². The Balaban J connectivity index is 1.62. The van der Waals surface area contributed by atoms with Gasteiger partial charge < -0.3 is 9.73 Å². The predicted molar refractivity (Wildman–Crippen MR) is 109 cm³/mol. The van der Waals surface area contributed by atoms with Crippen molar-refractivity contribution < 1.29 is 9.21 Å². The summed E-state index contributed by atoms with van der Waals surface area (Å²) in [5.74, 6) is 0.388. The summed E-state index contributed by atoms with van der Waals surface area (Å²) in [6.45, 7) is 3.66. The second-order valence-corrected chi connectivity index (χ2v) is 7.58. The van der Waals surface area contributed by atoms with Crippen molar-refractivity contribution >= 4 is 27.5 Å². The number of aryl methyl sites for hydroxylation is 1. The Kier molecular flexibility index (Phi) is 4.83. The third kappa shape index (κ3) is 3.36. The molecule has 0 spiro atoms. The van der Waals surface area contributed by atoms with Crippen molar-refractivity contribution in [3.05, 3.63) is 76.7 Å².